The maximum atomic E-state index is 13.6. The molecule has 182 valence electrons. The molecule has 0 aliphatic carbocycles. The third-order valence-corrected chi connectivity index (χ3v) is 5.04. The van der Waals surface area contributed by atoms with Crippen LogP contribution in [0.15, 0.2) is 38.0 Å². The second-order valence-electron chi connectivity index (χ2n) is 6.34. The molecule has 0 aliphatic heterocycles. The number of carbonyl (C=O) groups is 3. The summed E-state index contributed by atoms with van der Waals surface area (Å²) < 4.78 is 45.0. The van der Waals surface area contributed by atoms with Crippen molar-refractivity contribution < 1.29 is 46.7 Å². The van der Waals surface area contributed by atoms with E-state index in [0.717, 1.165) is 18.2 Å². The Labute approximate surface area is 189 Å². The molecule has 10 nitrogen and oxygen atoms in total. The van der Waals surface area contributed by atoms with Crippen molar-refractivity contribution in [3.05, 3.63) is 38.0 Å². The number of hydrogen-bond acceptors (Lipinski definition) is 10. The van der Waals surface area contributed by atoms with Crippen LogP contribution in [0.3, 0.4) is 0 Å². The molecular formula is C21H33O10P. The molecule has 0 spiro atoms. The van der Waals surface area contributed by atoms with E-state index in [0.29, 0.717) is 19.3 Å². The number of carbonyl (C=O) groups excluding carboxylic acids is 3. The molecule has 0 amide bonds. The Kier molecular flexibility index (Phi) is 15.2. The second-order valence-corrected chi connectivity index (χ2v) is 7.87. The fourth-order valence-electron chi connectivity index (χ4n) is 2.15. The van der Waals surface area contributed by atoms with Gasteiger partial charge in [0.15, 0.2) is 0 Å². The molecular weight excluding hydrogens is 443 g/mol. The summed E-state index contributed by atoms with van der Waals surface area (Å²) in [7, 11) is -4.61. The van der Waals surface area contributed by atoms with Gasteiger partial charge in [-0.15, -0.1) is 0 Å². The maximum Gasteiger partial charge on any atom is 0.484 e. The van der Waals surface area contributed by atoms with Crippen LogP contribution in [0.2, 0.25) is 0 Å². The van der Waals surface area contributed by atoms with Gasteiger partial charge >= 0.3 is 25.7 Å². The topological polar surface area (TPSA) is 124 Å². The number of phosphoric acid groups is 1. The molecule has 3 unspecified atom stereocenters. The molecule has 0 rings (SSSR count). The van der Waals surface area contributed by atoms with E-state index in [1.54, 1.807) is 20.8 Å². The summed E-state index contributed by atoms with van der Waals surface area (Å²) in [6.45, 7) is 15.3. The van der Waals surface area contributed by atoms with E-state index in [-0.39, 0.29) is 19.3 Å². The minimum atomic E-state index is -4.61. The molecule has 3 atom stereocenters. The van der Waals surface area contributed by atoms with E-state index in [2.05, 4.69) is 19.7 Å². The highest BCUT2D eigenvalue weighted by Gasteiger charge is 2.39. The van der Waals surface area contributed by atoms with Crippen molar-refractivity contribution in [3.8, 4) is 0 Å². The van der Waals surface area contributed by atoms with Crippen molar-refractivity contribution >= 4 is 25.7 Å². The summed E-state index contributed by atoms with van der Waals surface area (Å²) in [5, 5.41) is 0. The molecule has 32 heavy (non-hydrogen) atoms. The highest BCUT2D eigenvalue weighted by molar-refractivity contribution is 7.48. The van der Waals surface area contributed by atoms with Crippen molar-refractivity contribution in [2.24, 2.45) is 0 Å². The van der Waals surface area contributed by atoms with Crippen LogP contribution in [0.1, 0.15) is 59.3 Å². The Morgan fingerprint density at radius 3 is 1.09 bits per heavy atom. The van der Waals surface area contributed by atoms with Gasteiger partial charge in [0.25, 0.3) is 0 Å². The highest BCUT2D eigenvalue weighted by atomic mass is 31.2. The molecule has 0 radical (unpaired) electrons. The minimum absolute atomic E-state index is 0.145. The SMILES string of the molecule is C=CC(=O)OC(CCC)OP(=O)(OC(CCC)OC(=O)C=C)OC(CCC)OC(=O)C=C. The summed E-state index contributed by atoms with van der Waals surface area (Å²) in [4.78, 5) is 34.9. The molecule has 0 aromatic rings. The largest absolute Gasteiger partial charge is 0.484 e. The third kappa shape index (κ3) is 12.6. The number of esters is 3. The van der Waals surface area contributed by atoms with Gasteiger partial charge in [0.05, 0.1) is 0 Å². The molecule has 0 fully saturated rings. The fourth-order valence-corrected chi connectivity index (χ4v) is 3.60. The van der Waals surface area contributed by atoms with Gasteiger partial charge in [-0.3, -0.25) is 0 Å². The summed E-state index contributed by atoms with van der Waals surface area (Å²) in [5.74, 6) is -2.45. The van der Waals surface area contributed by atoms with E-state index in [1.165, 1.54) is 0 Å². The van der Waals surface area contributed by atoms with E-state index in [4.69, 9.17) is 27.8 Å². The second kappa shape index (κ2) is 16.4. The van der Waals surface area contributed by atoms with Crippen molar-refractivity contribution in [1.82, 2.24) is 0 Å². The van der Waals surface area contributed by atoms with Crippen LogP contribution >= 0.6 is 7.82 Å². The van der Waals surface area contributed by atoms with Gasteiger partial charge in [0.1, 0.15) is 0 Å². The van der Waals surface area contributed by atoms with E-state index in [9.17, 15) is 18.9 Å². The third-order valence-electron chi connectivity index (χ3n) is 3.56. The first-order valence-corrected chi connectivity index (χ1v) is 11.8. The van der Waals surface area contributed by atoms with Crippen LogP contribution in [-0.2, 0) is 46.7 Å². The van der Waals surface area contributed by atoms with E-state index < -0.39 is 44.6 Å². The monoisotopic (exact) mass is 476 g/mol. The molecule has 0 aliphatic rings. The van der Waals surface area contributed by atoms with Gasteiger partial charge < -0.3 is 14.2 Å². The lowest BCUT2D eigenvalue weighted by Gasteiger charge is -2.28. The minimum Gasteiger partial charge on any atom is -0.432 e. The molecule has 0 bridgehead atoms. The van der Waals surface area contributed by atoms with Crippen molar-refractivity contribution in [3.63, 3.8) is 0 Å². The lowest BCUT2D eigenvalue weighted by Crippen LogP contribution is -2.27. The van der Waals surface area contributed by atoms with Gasteiger partial charge in [-0.2, -0.15) is 0 Å². The molecule has 0 saturated carbocycles. The van der Waals surface area contributed by atoms with Gasteiger partial charge in [0, 0.05) is 37.5 Å². The average Bonchev–Trinajstić information content (AvgIpc) is 2.73. The van der Waals surface area contributed by atoms with Crippen LogP contribution in [0, 0.1) is 0 Å². The van der Waals surface area contributed by atoms with E-state index >= 15 is 0 Å². The van der Waals surface area contributed by atoms with Crippen LogP contribution in [0.5, 0.6) is 0 Å². The van der Waals surface area contributed by atoms with Crippen LogP contribution in [-0.4, -0.2) is 36.8 Å². The maximum absolute atomic E-state index is 13.6. The zero-order chi connectivity index (χ0) is 24.6. The first-order chi connectivity index (χ1) is 15.2. The van der Waals surface area contributed by atoms with Crippen LogP contribution in [0.25, 0.3) is 0 Å². The van der Waals surface area contributed by atoms with Gasteiger partial charge in [-0.05, 0) is 0 Å². The zero-order valence-electron chi connectivity index (χ0n) is 18.9. The van der Waals surface area contributed by atoms with Gasteiger partial charge in [-0.1, -0.05) is 59.8 Å². The number of hydrogen-bond donors (Lipinski definition) is 0. The van der Waals surface area contributed by atoms with Crippen molar-refractivity contribution in [2.75, 3.05) is 0 Å². The Morgan fingerprint density at radius 1 is 0.656 bits per heavy atom. The van der Waals surface area contributed by atoms with Crippen molar-refractivity contribution in [1.29, 1.82) is 0 Å². The van der Waals surface area contributed by atoms with Gasteiger partial charge in [-0.25, -0.2) is 32.5 Å². The molecule has 0 heterocycles. The molecule has 0 aromatic carbocycles. The summed E-state index contributed by atoms with van der Waals surface area (Å²) in [5.41, 5.74) is 0. The van der Waals surface area contributed by atoms with Gasteiger partial charge in [0.2, 0.25) is 18.9 Å². The lowest BCUT2D eigenvalue weighted by atomic mass is 10.3. The molecule has 11 heteroatoms. The number of phosphoric ester groups is 1. The Hall–Kier alpha value is -2.26. The predicted octanol–water partition coefficient (Wildman–Crippen LogP) is 4.71. The highest BCUT2D eigenvalue weighted by Crippen LogP contribution is 2.54. The summed E-state index contributed by atoms with van der Waals surface area (Å²) in [6.07, 6.45) is 0.657. The first-order valence-electron chi connectivity index (χ1n) is 10.3. The molecule has 0 N–H and O–H groups in total. The fraction of sp³-hybridized carbons (Fsp3) is 0.571. The Balaban J connectivity index is 5.92. The molecule has 0 aromatic heterocycles. The normalized spacial score (nSPS) is 15.3. The standard InChI is InChI=1S/C21H33O10P/c1-7-13-19(26-16(22)10-4)29-32(25,30-20(14-8-2)27-17(23)11-5)31-21(15-9-3)28-18(24)12-6/h10-12,19-21H,4-9,13-15H2,1-3H3. The molecule has 0 saturated heterocycles. The average molecular weight is 476 g/mol. The van der Waals surface area contributed by atoms with E-state index in [1.807, 2.05) is 0 Å². The quantitative estimate of drug-likeness (QED) is 0.0903. The van der Waals surface area contributed by atoms with Crippen LogP contribution in [0.4, 0.5) is 0 Å². The summed E-state index contributed by atoms with van der Waals surface area (Å²) in [6, 6.07) is 0. The Bertz CT molecular complexity index is 600. The first kappa shape index (κ1) is 29.7. The smallest absolute Gasteiger partial charge is 0.432 e. The lowest BCUT2D eigenvalue weighted by molar-refractivity contribution is -0.179. The zero-order valence-corrected chi connectivity index (χ0v) is 19.8. The predicted molar refractivity (Wildman–Crippen MR) is 116 cm³/mol. The van der Waals surface area contributed by atoms with Crippen molar-refractivity contribution in [2.45, 2.75) is 78.2 Å². The van der Waals surface area contributed by atoms with Crippen LogP contribution < -0.4 is 0 Å². The number of ether oxygens (including phenoxy) is 3. The number of rotatable bonds is 18. The summed E-state index contributed by atoms with van der Waals surface area (Å²) >= 11 is 0. The Morgan fingerprint density at radius 2 is 0.906 bits per heavy atom.